The van der Waals surface area contributed by atoms with Gasteiger partial charge in [-0.3, -0.25) is 9.59 Å². The molecule has 2 heterocycles. The SMILES string of the molecule is CC(=O)NCC(=O)N1Cc2ccccc2C2(CCN(CC3CCCC3)CC2)C1. The number of nitrogens with zero attached hydrogens (tertiary/aromatic N) is 2. The molecule has 2 aliphatic heterocycles. The standard InChI is InChI=1S/C23H33N3O2/c1-18(27)24-14-22(28)26-16-20-8-4-5-9-21(20)23(17-26)10-12-25(13-11-23)15-19-6-2-3-7-19/h4-5,8-9,19H,2-3,6-7,10-17H2,1H3,(H,24,27). The molecule has 1 saturated heterocycles. The number of fused-ring (bicyclic) bond motifs is 2. The van der Waals surface area contributed by atoms with Crippen molar-refractivity contribution >= 4 is 11.8 Å². The molecule has 28 heavy (non-hydrogen) atoms. The van der Waals surface area contributed by atoms with Crippen LogP contribution in [-0.4, -0.2) is 54.3 Å². The second kappa shape index (κ2) is 8.24. The largest absolute Gasteiger partial charge is 0.347 e. The molecular formula is C23H33N3O2. The summed E-state index contributed by atoms with van der Waals surface area (Å²) in [7, 11) is 0. The van der Waals surface area contributed by atoms with E-state index < -0.39 is 0 Å². The highest BCUT2D eigenvalue weighted by Gasteiger charge is 2.43. The molecule has 1 aromatic carbocycles. The Bertz CT molecular complexity index is 718. The molecule has 152 valence electrons. The Morgan fingerprint density at radius 3 is 2.57 bits per heavy atom. The molecule has 2 amide bonds. The molecule has 5 nitrogen and oxygen atoms in total. The summed E-state index contributed by atoms with van der Waals surface area (Å²) in [6.45, 7) is 6.49. The van der Waals surface area contributed by atoms with Crippen LogP contribution in [0, 0.1) is 5.92 Å². The first-order valence-corrected chi connectivity index (χ1v) is 10.9. The highest BCUT2D eigenvalue weighted by Crippen LogP contribution is 2.42. The van der Waals surface area contributed by atoms with Crippen LogP contribution in [0.25, 0.3) is 0 Å². The maximum Gasteiger partial charge on any atom is 0.242 e. The predicted molar refractivity (Wildman–Crippen MR) is 110 cm³/mol. The first kappa shape index (κ1) is 19.4. The van der Waals surface area contributed by atoms with Crippen LogP contribution < -0.4 is 5.32 Å². The van der Waals surface area contributed by atoms with Gasteiger partial charge in [-0.1, -0.05) is 37.1 Å². The Morgan fingerprint density at radius 2 is 1.86 bits per heavy atom. The Hall–Kier alpha value is -1.88. The molecule has 4 rings (SSSR count). The van der Waals surface area contributed by atoms with Gasteiger partial charge in [-0.15, -0.1) is 0 Å². The molecule has 1 N–H and O–H groups in total. The molecule has 3 aliphatic rings. The van der Waals surface area contributed by atoms with E-state index in [9.17, 15) is 9.59 Å². The summed E-state index contributed by atoms with van der Waals surface area (Å²) in [5, 5.41) is 2.67. The van der Waals surface area contributed by atoms with Crippen LogP contribution in [0.3, 0.4) is 0 Å². The Kier molecular flexibility index (Phi) is 5.72. The average molecular weight is 384 g/mol. The van der Waals surface area contributed by atoms with Crippen LogP contribution in [0.5, 0.6) is 0 Å². The van der Waals surface area contributed by atoms with E-state index in [0.717, 1.165) is 38.4 Å². The fourth-order valence-electron chi connectivity index (χ4n) is 5.53. The summed E-state index contributed by atoms with van der Waals surface area (Å²) in [6, 6.07) is 8.65. The Morgan fingerprint density at radius 1 is 1.14 bits per heavy atom. The number of carbonyl (C=O) groups excluding carboxylic acids is 2. The van der Waals surface area contributed by atoms with Gasteiger partial charge in [0, 0.05) is 32.0 Å². The summed E-state index contributed by atoms with van der Waals surface area (Å²) >= 11 is 0. The number of hydrogen-bond acceptors (Lipinski definition) is 3. The fourth-order valence-corrected chi connectivity index (χ4v) is 5.53. The number of nitrogens with one attached hydrogen (secondary N) is 1. The second-order valence-electron chi connectivity index (χ2n) is 9.05. The van der Waals surface area contributed by atoms with Crippen LogP contribution in [0.2, 0.25) is 0 Å². The van der Waals surface area contributed by atoms with Crippen molar-refractivity contribution in [1.82, 2.24) is 15.1 Å². The van der Waals surface area contributed by atoms with E-state index in [1.54, 1.807) is 0 Å². The van der Waals surface area contributed by atoms with E-state index in [0.29, 0.717) is 6.54 Å². The number of likely N-dealkylation sites (tertiary alicyclic amines) is 1. The van der Waals surface area contributed by atoms with E-state index in [2.05, 4.69) is 34.5 Å². The average Bonchev–Trinajstić information content (AvgIpc) is 3.21. The Labute approximate surface area is 168 Å². The fraction of sp³-hybridized carbons (Fsp3) is 0.652. The first-order chi connectivity index (χ1) is 13.6. The van der Waals surface area contributed by atoms with Gasteiger partial charge in [-0.25, -0.2) is 0 Å². The topological polar surface area (TPSA) is 52.7 Å². The van der Waals surface area contributed by atoms with Gasteiger partial charge in [-0.2, -0.15) is 0 Å². The van der Waals surface area contributed by atoms with Crippen molar-refractivity contribution in [2.24, 2.45) is 5.92 Å². The van der Waals surface area contributed by atoms with E-state index in [-0.39, 0.29) is 23.8 Å². The third kappa shape index (κ3) is 4.09. The monoisotopic (exact) mass is 383 g/mol. The molecule has 1 aliphatic carbocycles. The predicted octanol–water partition coefficient (Wildman–Crippen LogP) is 2.69. The molecule has 5 heteroatoms. The number of piperidine rings is 1. The van der Waals surface area contributed by atoms with Crippen molar-refractivity contribution in [2.75, 3.05) is 32.7 Å². The Balaban J connectivity index is 1.47. The summed E-state index contributed by atoms with van der Waals surface area (Å²) in [6.07, 6.45) is 7.83. The maximum absolute atomic E-state index is 12.7. The molecule has 2 fully saturated rings. The van der Waals surface area contributed by atoms with Gasteiger partial charge in [-0.05, 0) is 55.8 Å². The lowest BCUT2D eigenvalue weighted by Gasteiger charge is -2.49. The number of amides is 2. The molecule has 1 saturated carbocycles. The van der Waals surface area contributed by atoms with Gasteiger partial charge in [0.25, 0.3) is 0 Å². The number of carbonyl (C=O) groups is 2. The minimum absolute atomic E-state index is 0.0254. The van der Waals surface area contributed by atoms with Gasteiger partial charge in [0.2, 0.25) is 11.8 Å². The smallest absolute Gasteiger partial charge is 0.242 e. The van der Waals surface area contributed by atoms with E-state index >= 15 is 0 Å². The quantitative estimate of drug-likeness (QED) is 0.870. The van der Waals surface area contributed by atoms with E-state index in [1.807, 2.05) is 4.90 Å². The van der Waals surface area contributed by atoms with Gasteiger partial charge in [0.1, 0.15) is 0 Å². The van der Waals surface area contributed by atoms with E-state index in [4.69, 9.17) is 0 Å². The zero-order chi connectivity index (χ0) is 19.6. The summed E-state index contributed by atoms with van der Waals surface area (Å²) in [4.78, 5) is 28.6. The van der Waals surface area contributed by atoms with Crippen molar-refractivity contribution in [3.8, 4) is 0 Å². The lowest BCUT2D eigenvalue weighted by atomic mass is 9.68. The zero-order valence-corrected chi connectivity index (χ0v) is 17.1. The minimum Gasteiger partial charge on any atom is -0.347 e. The van der Waals surface area contributed by atoms with Crippen LogP contribution >= 0.6 is 0 Å². The molecule has 0 radical (unpaired) electrons. The highest BCUT2D eigenvalue weighted by atomic mass is 16.2. The van der Waals surface area contributed by atoms with Crippen molar-refractivity contribution in [1.29, 1.82) is 0 Å². The highest BCUT2D eigenvalue weighted by molar-refractivity contribution is 5.84. The second-order valence-corrected chi connectivity index (χ2v) is 9.05. The molecule has 0 atom stereocenters. The summed E-state index contributed by atoms with van der Waals surface area (Å²) in [5.41, 5.74) is 2.78. The number of rotatable bonds is 4. The van der Waals surface area contributed by atoms with Gasteiger partial charge < -0.3 is 15.1 Å². The van der Waals surface area contributed by atoms with Crippen molar-refractivity contribution in [2.45, 2.75) is 57.4 Å². The lowest BCUT2D eigenvalue weighted by Crippen LogP contribution is -2.54. The van der Waals surface area contributed by atoms with Crippen molar-refractivity contribution in [3.05, 3.63) is 35.4 Å². The third-order valence-corrected chi connectivity index (χ3v) is 7.09. The van der Waals surface area contributed by atoms with Crippen molar-refractivity contribution < 1.29 is 9.59 Å². The number of benzene rings is 1. The maximum atomic E-state index is 12.7. The summed E-state index contributed by atoms with van der Waals surface area (Å²) < 4.78 is 0. The summed E-state index contributed by atoms with van der Waals surface area (Å²) in [5.74, 6) is 0.765. The van der Waals surface area contributed by atoms with E-state index in [1.165, 1.54) is 50.3 Å². The van der Waals surface area contributed by atoms with Crippen molar-refractivity contribution in [3.63, 3.8) is 0 Å². The first-order valence-electron chi connectivity index (χ1n) is 10.9. The molecular weight excluding hydrogens is 350 g/mol. The molecule has 0 bridgehead atoms. The van der Waals surface area contributed by atoms with Gasteiger partial charge in [0.05, 0.1) is 6.54 Å². The molecule has 1 spiro atoms. The van der Waals surface area contributed by atoms with Crippen LogP contribution in [0.1, 0.15) is 56.6 Å². The van der Waals surface area contributed by atoms with Crippen LogP contribution in [0.4, 0.5) is 0 Å². The van der Waals surface area contributed by atoms with Gasteiger partial charge >= 0.3 is 0 Å². The molecule has 0 unspecified atom stereocenters. The minimum atomic E-state index is -0.152. The van der Waals surface area contributed by atoms with Crippen LogP contribution in [0.15, 0.2) is 24.3 Å². The molecule has 1 aromatic rings. The van der Waals surface area contributed by atoms with Crippen LogP contribution in [-0.2, 0) is 21.5 Å². The normalized spacial score (nSPS) is 22.2. The lowest BCUT2D eigenvalue weighted by molar-refractivity contribution is -0.134. The van der Waals surface area contributed by atoms with Gasteiger partial charge in [0.15, 0.2) is 0 Å². The third-order valence-electron chi connectivity index (χ3n) is 7.09. The molecule has 0 aromatic heterocycles. The number of hydrogen-bond donors (Lipinski definition) is 1. The zero-order valence-electron chi connectivity index (χ0n) is 17.1.